The van der Waals surface area contributed by atoms with Gasteiger partial charge in [-0.1, -0.05) is 19.1 Å². The number of esters is 1. The molecule has 0 aromatic heterocycles. The van der Waals surface area contributed by atoms with Crippen LogP contribution in [0.2, 0.25) is 0 Å². The van der Waals surface area contributed by atoms with Gasteiger partial charge in [-0.2, -0.15) is 0 Å². The van der Waals surface area contributed by atoms with Gasteiger partial charge in [0.1, 0.15) is 0 Å². The molecule has 0 spiro atoms. The number of nitrogens with zero attached hydrogens (tertiary/aromatic N) is 1. The molecule has 3 heteroatoms. The summed E-state index contributed by atoms with van der Waals surface area (Å²) in [5.74, 6) is 0.347. The number of carbonyl (C=O) groups is 1. The van der Waals surface area contributed by atoms with E-state index in [-0.39, 0.29) is 5.97 Å². The van der Waals surface area contributed by atoms with Crippen molar-refractivity contribution in [3.8, 4) is 0 Å². The molecule has 1 atom stereocenters. The van der Waals surface area contributed by atoms with Gasteiger partial charge in [0, 0.05) is 6.54 Å². The molecule has 0 aliphatic carbocycles. The second kappa shape index (κ2) is 5.32. The molecule has 1 unspecified atom stereocenters. The van der Waals surface area contributed by atoms with Crippen molar-refractivity contribution in [2.75, 3.05) is 26.7 Å². The zero-order valence-electron chi connectivity index (χ0n) is 10.5. The van der Waals surface area contributed by atoms with Gasteiger partial charge in [0.15, 0.2) is 0 Å². The van der Waals surface area contributed by atoms with Crippen molar-refractivity contribution in [1.29, 1.82) is 0 Å². The fraction of sp³-hybridized carbons (Fsp3) is 0.500. The lowest BCUT2D eigenvalue weighted by molar-refractivity contribution is 0.0600. The van der Waals surface area contributed by atoms with Crippen LogP contribution in [0.25, 0.3) is 0 Å². The number of hydrogen-bond acceptors (Lipinski definition) is 3. The van der Waals surface area contributed by atoms with Gasteiger partial charge in [-0.25, -0.2) is 4.79 Å². The number of benzene rings is 1. The van der Waals surface area contributed by atoms with E-state index in [1.165, 1.54) is 25.6 Å². The lowest BCUT2D eigenvalue weighted by Gasteiger charge is -2.13. The summed E-state index contributed by atoms with van der Waals surface area (Å²) >= 11 is 0. The highest BCUT2D eigenvalue weighted by Crippen LogP contribution is 2.27. The zero-order valence-corrected chi connectivity index (χ0v) is 10.5. The third-order valence-electron chi connectivity index (χ3n) is 3.52. The Balaban J connectivity index is 2.06. The highest BCUT2D eigenvalue weighted by molar-refractivity contribution is 5.89. The SMILES string of the molecule is CCN1CCC(c2ccc(C(=O)OC)cc2)C1. The summed E-state index contributed by atoms with van der Waals surface area (Å²) in [5, 5.41) is 0. The standard InChI is InChI=1S/C14H19NO2/c1-3-15-9-8-13(10-15)11-4-6-12(7-5-11)14(16)17-2/h4-7,13H,3,8-10H2,1-2H3. The maximum absolute atomic E-state index is 11.3. The fourth-order valence-corrected chi connectivity index (χ4v) is 2.40. The van der Waals surface area contributed by atoms with Crippen LogP contribution in [0.4, 0.5) is 0 Å². The van der Waals surface area contributed by atoms with Gasteiger partial charge < -0.3 is 9.64 Å². The summed E-state index contributed by atoms with van der Waals surface area (Å²) < 4.78 is 4.69. The summed E-state index contributed by atoms with van der Waals surface area (Å²) in [6, 6.07) is 7.82. The van der Waals surface area contributed by atoms with Crippen molar-refractivity contribution < 1.29 is 9.53 Å². The van der Waals surface area contributed by atoms with E-state index in [0.29, 0.717) is 11.5 Å². The minimum Gasteiger partial charge on any atom is -0.465 e. The second-order valence-electron chi connectivity index (χ2n) is 4.49. The summed E-state index contributed by atoms with van der Waals surface area (Å²) in [7, 11) is 1.41. The number of hydrogen-bond donors (Lipinski definition) is 0. The first-order valence-electron chi connectivity index (χ1n) is 6.15. The van der Waals surface area contributed by atoms with Crippen LogP contribution in [-0.2, 0) is 4.74 Å². The monoisotopic (exact) mass is 233 g/mol. The molecule has 0 N–H and O–H groups in total. The Bertz CT molecular complexity index is 386. The van der Waals surface area contributed by atoms with E-state index in [2.05, 4.69) is 28.7 Å². The van der Waals surface area contributed by atoms with Crippen LogP contribution >= 0.6 is 0 Å². The molecule has 1 saturated heterocycles. The van der Waals surface area contributed by atoms with Crippen molar-refractivity contribution in [2.24, 2.45) is 0 Å². The smallest absolute Gasteiger partial charge is 0.337 e. The van der Waals surface area contributed by atoms with E-state index in [1.807, 2.05) is 12.1 Å². The number of carbonyl (C=O) groups excluding carboxylic acids is 1. The Labute approximate surface area is 102 Å². The van der Waals surface area contributed by atoms with E-state index >= 15 is 0 Å². The molecule has 0 radical (unpaired) electrons. The predicted molar refractivity (Wildman–Crippen MR) is 67.3 cm³/mol. The van der Waals surface area contributed by atoms with Crippen LogP contribution in [0.3, 0.4) is 0 Å². The molecule has 0 amide bonds. The lowest BCUT2D eigenvalue weighted by Crippen LogP contribution is -2.19. The van der Waals surface area contributed by atoms with Crippen molar-refractivity contribution in [3.63, 3.8) is 0 Å². The molecule has 0 saturated carbocycles. The fourth-order valence-electron chi connectivity index (χ4n) is 2.40. The zero-order chi connectivity index (χ0) is 12.3. The molecule has 17 heavy (non-hydrogen) atoms. The van der Waals surface area contributed by atoms with Crippen molar-refractivity contribution in [1.82, 2.24) is 4.90 Å². The quantitative estimate of drug-likeness (QED) is 0.750. The Morgan fingerprint density at radius 2 is 2.12 bits per heavy atom. The molecule has 1 fully saturated rings. The van der Waals surface area contributed by atoms with E-state index < -0.39 is 0 Å². The molecule has 0 bridgehead atoms. The van der Waals surface area contributed by atoms with Crippen molar-refractivity contribution >= 4 is 5.97 Å². The maximum Gasteiger partial charge on any atom is 0.337 e. The largest absolute Gasteiger partial charge is 0.465 e. The van der Waals surface area contributed by atoms with Gasteiger partial charge in [0.2, 0.25) is 0 Å². The molecule has 1 aromatic rings. The van der Waals surface area contributed by atoms with Gasteiger partial charge >= 0.3 is 5.97 Å². The number of rotatable bonds is 3. The highest BCUT2D eigenvalue weighted by Gasteiger charge is 2.22. The molecule has 1 aromatic carbocycles. The van der Waals surface area contributed by atoms with E-state index in [4.69, 9.17) is 0 Å². The summed E-state index contributed by atoms with van der Waals surface area (Å²) in [4.78, 5) is 13.8. The van der Waals surface area contributed by atoms with Crippen LogP contribution in [0.1, 0.15) is 35.2 Å². The molecular formula is C14H19NO2. The lowest BCUT2D eigenvalue weighted by atomic mass is 9.97. The molecule has 1 aliphatic heterocycles. The number of likely N-dealkylation sites (tertiary alicyclic amines) is 1. The average molecular weight is 233 g/mol. The minimum atomic E-state index is -0.266. The third-order valence-corrected chi connectivity index (χ3v) is 3.52. The first kappa shape index (κ1) is 12.1. The van der Waals surface area contributed by atoms with Gasteiger partial charge in [-0.05, 0) is 43.1 Å². The van der Waals surface area contributed by atoms with Crippen LogP contribution in [0.15, 0.2) is 24.3 Å². The number of likely N-dealkylation sites (N-methyl/N-ethyl adjacent to an activating group) is 1. The Morgan fingerprint density at radius 1 is 1.41 bits per heavy atom. The molecule has 92 valence electrons. The Morgan fingerprint density at radius 3 is 2.65 bits per heavy atom. The molecular weight excluding hydrogens is 214 g/mol. The number of ether oxygens (including phenoxy) is 1. The van der Waals surface area contributed by atoms with E-state index in [9.17, 15) is 4.79 Å². The topological polar surface area (TPSA) is 29.5 Å². The second-order valence-corrected chi connectivity index (χ2v) is 4.49. The van der Waals surface area contributed by atoms with Gasteiger partial charge in [0.05, 0.1) is 12.7 Å². The molecule has 2 rings (SSSR count). The molecule has 3 nitrogen and oxygen atoms in total. The predicted octanol–water partition coefficient (Wildman–Crippen LogP) is 2.28. The van der Waals surface area contributed by atoms with Gasteiger partial charge in [0.25, 0.3) is 0 Å². The van der Waals surface area contributed by atoms with Crippen molar-refractivity contribution in [2.45, 2.75) is 19.3 Å². The average Bonchev–Trinajstić information content (AvgIpc) is 2.87. The summed E-state index contributed by atoms with van der Waals surface area (Å²) in [6.45, 7) is 5.63. The Kier molecular flexibility index (Phi) is 3.79. The highest BCUT2D eigenvalue weighted by atomic mass is 16.5. The first-order valence-corrected chi connectivity index (χ1v) is 6.15. The van der Waals surface area contributed by atoms with Crippen molar-refractivity contribution in [3.05, 3.63) is 35.4 Å². The van der Waals surface area contributed by atoms with Crippen LogP contribution in [0, 0.1) is 0 Å². The van der Waals surface area contributed by atoms with Gasteiger partial charge in [-0.3, -0.25) is 0 Å². The van der Waals surface area contributed by atoms with Crippen LogP contribution in [0.5, 0.6) is 0 Å². The van der Waals surface area contributed by atoms with E-state index in [0.717, 1.165) is 13.1 Å². The third kappa shape index (κ3) is 2.67. The Hall–Kier alpha value is -1.35. The molecule has 1 heterocycles. The van der Waals surface area contributed by atoms with Gasteiger partial charge in [-0.15, -0.1) is 0 Å². The molecule has 1 aliphatic rings. The maximum atomic E-state index is 11.3. The van der Waals surface area contributed by atoms with E-state index in [1.54, 1.807) is 0 Å². The van der Waals surface area contributed by atoms with Crippen LogP contribution in [-0.4, -0.2) is 37.6 Å². The first-order chi connectivity index (χ1) is 8.24. The number of methoxy groups -OCH3 is 1. The summed E-state index contributed by atoms with van der Waals surface area (Å²) in [5.41, 5.74) is 1.95. The summed E-state index contributed by atoms with van der Waals surface area (Å²) in [6.07, 6.45) is 1.21. The normalized spacial score (nSPS) is 20.5. The van der Waals surface area contributed by atoms with Crippen LogP contribution < -0.4 is 0 Å². The minimum absolute atomic E-state index is 0.266.